The summed E-state index contributed by atoms with van der Waals surface area (Å²) in [6, 6.07) is 17.0. The Morgan fingerprint density at radius 1 is 1.07 bits per heavy atom. The lowest BCUT2D eigenvalue weighted by Crippen LogP contribution is -2.10. The normalized spacial score (nSPS) is 13.1. The number of hydrogen-bond acceptors (Lipinski definition) is 3. The molecule has 5 heteroatoms. The maximum absolute atomic E-state index is 13.7. The number of fused-ring (bicyclic) bond motifs is 2. The summed E-state index contributed by atoms with van der Waals surface area (Å²) in [4.78, 5) is 4.82. The van der Waals surface area contributed by atoms with Gasteiger partial charge in [0.1, 0.15) is 11.6 Å². The van der Waals surface area contributed by atoms with Gasteiger partial charge in [-0.15, -0.1) is 0 Å². The first-order valence-electron chi connectivity index (χ1n) is 9.64. The Hall–Kier alpha value is -3.21. The molecule has 0 fully saturated rings. The van der Waals surface area contributed by atoms with Crippen LogP contribution in [0.5, 0.6) is 0 Å². The first kappa shape index (κ1) is 16.9. The number of aromatic nitrogens is 3. The Balaban J connectivity index is 1.58. The molecular weight excluding hydrogens is 351 g/mol. The summed E-state index contributed by atoms with van der Waals surface area (Å²) >= 11 is 0. The van der Waals surface area contributed by atoms with E-state index < -0.39 is 0 Å². The molecule has 5 rings (SSSR count). The summed E-state index contributed by atoms with van der Waals surface area (Å²) < 4.78 is 15.5. The average Bonchev–Trinajstić information content (AvgIpc) is 3.32. The van der Waals surface area contributed by atoms with Crippen LogP contribution in [-0.2, 0) is 19.4 Å². The molecule has 0 bridgehead atoms. The van der Waals surface area contributed by atoms with Crippen LogP contribution in [0.25, 0.3) is 16.9 Å². The third-order valence-electron chi connectivity index (χ3n) is 5.29. The van der Waals surface area contributed by atoms with Gasteiger partial charge < -0.3 is 5.32 Å². The lowest BCUT2D eigenvalue weighted by Gasteiger charge is -2.13. The molecule has 0 amide bonds. The van der Waals surface area contributed by atoms with E-state index in [0.29, 0.717) is 0 Å². The van der Waals surface area contributed by atoms with E-state index in [0.717, 1.165) is 54.2 Å². The van der Waals surface area contributed by atoms with Gasteiger partial charge in [-0.3, -0.25) is 0 Å². The standard InChI is InChI=1S/C23H21FN4/c1-15-5-2-6-16(11-15)14-25-23-19-9-4-10-20(19)26-22-13-21(27-28(22)23)17-7-3-8-18(24)12-17/h2-3,5-8,11-13,25H,4,9-10,14H2,1H3. The van der Waals surface area contributed by atoms with Crippen LogP contribution in [0.1, 0.15) is 28.8 Å². The van der Waals surface area contributed by atoms with Crippen LogP contribution in [0.15, 0.2) is 54.6 Å². The molecule has 1 aliphatic rings. The van der Waals surface area contributed by atoms with E-state index in [-0.39, 0.29) is 5.82 Å². The van der Waals surface area contributed by atoms with Gasteiger partial charge >= 0.3 is 0 Å². The van der Waals surface area contributed by atoms with Gasteiger partial charge in [0.25, 0.3) is 0 Å². The van der Waals surface area contributed by atoms with Crippen molar-refractivity contribution in [1.29, 1.82) is 0 Å². The molecule has 2 aromatic heterocycles. The Kier molecular flexibility index (Phi) is 4.08. The molecule has 0 saturated carbocycles. The summed E-state index contributed by atoms with van der Waals surface area (Å²) in [5.41, 5.74) is 7.15. The van der Waals surface area contributed by atoms with Crippen LogP contribution < -0.4 is 5.32 Å². The molecule has 0 spiro atoms. The largest absolute Gasteiger partial charge is 0.366 e. The van der Waals surface area contributed by atoms with E-state index in [1.807, 2.05) is 16.6 Å². The lowest BCUT2D eigenvalue weighted by atomic mass is 10.1. The highest BCUT2D eigenvalue weighted by atomic mass is 19.1. The van der Waals surface area contributed by atoms with Crippen molar-refractivity contribution in [3.63, 3.8) is 0 Å². The van der Waals surface area contributed by atoms with Crippen LogP contribution in [-0.4, -0.2) is 14.6 Å². The maximum Gasteiger partial charge on any atom is 0.158 e. The molecule has 1 aliphatic carbocycles. The van der Waals surface area contributed by atoms with E-state index in [9.17, 15) is 4.39 Å². The average molecular weight is 372 g/mol. The number of nitrogens with zero attached hydrogens (tertiary/aromatic N) is 3. The van der Waals surface area contributed by atoms with Crippen LogP contribution in [0, 0.1) is 12.7 Å². The maximum atomic E-state index is 13.7. The van der Waals surface area contributed by atoms with Gasteiger partial charge in [0.2, 0.25) is 0 Å². The second-order valence-corrected chi connectivity index (χ2v) is 7.39. The predicted molar refractivity (Wildman–Crippen MR) is 109 cm³/mol. The Bertz CT molecular complexity index is 1180. The highest BCUT2D eigenvalue weighted by Crippen LogP contribution is 2.31. The van der Waals surface area contributed by atoms with Crippen LogP contribution >= 0.6 is 0 Å². The molecule has 1 N–H and O–H groups in total. The van der Waals surface area contributed by atoms with E-state index in [2.05, 4.69) is 36.5 Å². The molecule has 0 aliphatic heterocycles. The molecule has 28 heavy (non-hydrogen) atoms. The summed E-state index contributed by atoms with van der Waals surface area (Å²) in [5.74, 6) is 0.740. The fourth-order valence-electron chi connectivity index (χ4n) is 3.97. The zero-order valence-electron chi connectivity index (χ0n) is 15.7. The molecule has 0 saturated heterocycles. The number of benzene rings is 2. The van der Waals surface area contributed by atoms with Crippen molar-refractivity contribution in [3.05, 3.63) is 82.8 Å². The second kappa shape index (κ2) is 6.75. The first-order chi connectivity index (χ1) is 13.7. The van der Waals surface area contributed by atoms with Crippen molar-refractivity contribution in [3.8, 4) is 11.3 Å². The van der Waals surface area contributed by atoms with Gasteiger partial charge in [0.05, 0.1) is 5.69 Å². The zero-order chi connectivity index (χ0) is 19.1. The summed E-state index contributed by atoms with van der Waals surface area (Å²) in [7, 11) is 0. The zero-order valence-corrected chi connectivity index (χ0v) is 15.7. The van der Waals surface area contributed by atoms with E-state index in [1.54, 1.807) is 6.07 Å². The molecule has 0 atom stereocenters. The Morgan fingerprint density at radius 3 is 2.82 bits per heavy atom. The van der Waals surface area contributed by atoms with Crippen molar-refractivity contribution in [2.75, 3.05) is 5.32 Å². The topological polar surface area (TPSA) is 42.2 Å². The molecule has 0 radical (unpaired) electrons. The van der Waals surface area contributed by atoms with E-state index in [4.69, 9.17) is 10.1 Å². The van der Waals surface area contributed by atoms with Gasteiger partial charge in [-0.1, -0.05) is 42.0 Å². The van der Waals surface area contributed by atoms with Crippen molar-refractivity contribution in [2.24, 2.45) is 0 Å². The van der Waals surface area contributed by atoms with E-state index >= 15 is 0 Å². The highest BCUT2D eigenvalue weighted by molar-refractivity contribution is 5.67. The fourth-order valence-corrected chi connectivity index (χ4v) is 3.97. The minimum Gasteiger partial charge on any atom is -0.366 e. The van der Waals surface area contributed by atoms with Crippen molar-refractivity contribution in [1.82, 2.24) is 14.6 Å². The van der Waals surface area contributed by atoms with Crippen LogP contribution in [0.2, 0.25) is 0 Å². The number of hydrogen-bond donors (Lipinski definition) is 1. The van der Waals surface area contributed by atoms with Gasteiger partial charge in [-0.05, 0) is 43.9 Å². The number of rotatable bonds is 4. The van der Waals surface area contributed by atoms with Crippen molar-refractivity contribution >= 4 is 11.5 Å². The predicted octanol–water partition coefficient (Wildman–Crippen LogP) is 4.94. The lowest BCUT2D eigenvalue weighted by molar-refractivity contribution is 0.628. The summed E-state index contributed by atoms with van der Waals surface area (Å²) in [5, 5.41) is 8.35. The number of anilines is 1. The highest BCUT2D eigenvalue weighted by Gasteiger charge is 2.21. The van der Waals surface area contributed by atoms with Gasteiger partial charge in [0.15, 0.2) is 5.65 Å². The molecule has 4 aromatic rings. The number of nitrogens with one attached hydrogen (secondary N) is 1. The number of aryl methyl sites for hydroxylation is 2. The van der Waals surface area contributed by atoms with Crippen LogP contribution in [0.3, 0.4) is 0 Å². The second-order valence-electron chi connectivity index (χ2n) is 7.39. The molecule has 2 aromatic carbocycles. The van der Waals surface area contributed by atoms with Crippen molar-refractivity contribution in [2.45, 2.75) is 32.7 Å². The minimum atomic E-state index is -0.261. The third kappa shape index (κ3) is 3.03. The Morgan fingerprint density at radius 2 is 1.96 bits per heavy atom. The van der Waals surface area contributed by atoms with E-state index in [1.165, 1.54) is 28.8 Å². The quantitative estimate of drug-likeness (QED) is 0.551. The SMILES string of the molecule is Cc1cccc(CNc2c3c(nc4cc(-c5cccc(F)c5)nn24)CCC3)c1. The molecule has 140 valence electrons. The summed E-state index contributed by atoms with van der Waals surface area (Å²) in [6.07, 6.45) is 3.11. The molecular formula is C23H21FN4. The first-order valence-corrected chi connectivity index (χ1v) is 9.64. The Labute approximate surface area is 163 Å². The van der Waals surface area contributed by atoms with Gasteiger partial charge in [-0.2, -0.15) is 9.61 Å². The van der Waals surface area contributed by atoms with Crippen LogP contribution in [0.4, 0.5) is 10.2 Å². The fraction of sp³-hybridized carbons (Fsp3) is 0.217. The minimum absolute atomic E-state index is 0.261. The third-order valence-corrected chi connectivity index (χ3v) is 5.29. The molecule has 4 nitrogen and oxygen atoms in total. The summed E-state index contributed by atoms with van der Waals surface area (Å²) in [6.45, 7) is 2.83. The van der Waals surface area contributed by atoms with Crippen molar-refractivity contribution < 1.29 is 4.39 Å². The molecule has 2 heterocycles. The monoisotopic (exact) mass is 372 g/mol. The molecule has 0 unspecified atom stereocenters. The van der Waals surface area contributed by atoms with Gasteiger partial charge in [0, 0.05) is 29.4 Å². The smallest absolute Gasteiger partial charge is 0.158 e. The number of halogens is 1. The van der Waals surface area contributed by atoms with Gasteiger partial charge in [-0.25, -0.2) is 9.37 Å².